The van der Waals surface area contributed by atoms with Crippen molar-refractivity contribution >= 4 is 13.8 Å². The summed E-state index contributed by atoms with van der Waals surface area (Å²) in [6.07, 6.45) is 48.9. The summed E-state index contributed by atoms with van der Waals surface area (Å²) in [4.78, 5) is 22.4. The molecule has 0 amide bonds. The van der Waals surface area contributed by atoms with Crippen molar-refractivity contribution in [1.29, 1.82) is 0 Å². The SMILES string of the molecule is CC/C=C\C/C=C\C/C=C\C/C=C\C/C=C\CCCCOCC(COP(=O)(O)OCCN)OC(=O)CCCCCCC/C=C\C/C=C\CCCC. The third kappa shape index (κ3) is 38.7. The fourth-order valence-corrected chi connectivity index (χ4v) is 5.45. The molecule has 2 unspecified atom stereocenters. The Morgan fingerprint density at radius 3 is 1.65 bits per heavy atom. The minimum absolute atomic E-state index is 0.0757. The lowest BCUT2D eigenvalue weighted by molar-refractivity contribution is -0.154. The van der Waals surface area contributed by atoms with Crippen molar-refractivity contribution in [2.24, 2.45) is 5.73 Å². The summed E-state index contributed by atoms with van der Waals surface area (Å²) >= 11 is 0. The van der Waals surface area contributed by atoms with Crippen LogP contribution >= 0.6 is 7.82 Å². The zero-order chi connectivity index (χ0) is 37.4. The Morgan fingerprint density at radius 2 is 1.10 bits per heavy atom. The van der Waals surface area contributed by atoms with Crippen LogP contribution in [0.2, 0.25) is 0 Å². The number of phosphoric ester groups is 1. The first-order chi connectivity index (χ1) is 24.9. The van der Waals surface area contributed by atoms with Crippen molar-refractivity contribution in [2.45, 2.75) is 142 Å². The number of carbonyl (C=O) groups is 1. The number of unbranched alkanes of at least 4 members (excludes halogenated alkanes) is 9. The minimum atomic E-state index is -4.29. The van der Waals surface area contributed by atoms with Gasteiger partial charge in [0.25, 0.3) is 0 Å². The first kappa shape index (κ1) is 48.7. The molecule has 0 spiro atoms. The first-order valence-electron chi connectivity index (χ1n) is 19.6. The molecule has 0 aromatic carbocycles. The Hall–Kier alpha value is -2.32. The highest BCUT2D eigenvalue weighted by molar-refractivity contribution is 7.47. The lowest BCUT2D eigenvalue weighted by Crippen LogP contribution is -2.28. The maximum Gasteiger partial charge on any atom is 0.472 e. The predicted octanol–water partition coefficient (Wildman–Crippen LogP) is 11.4. The van der Waals surface area contributed by atoms with Crippen LogP contribution in [0, 0.1) is 0 Å². The molecule has 0 aliphatic heterocycles. The van der Waals surface area contributed by atoms with E-state index in [-0.39, 0.29) is 38.8 Å². The summed E-state index contributed by atoms with van der Waals surface area (Å²) in [6, 6.07) is 0. The fourth-order valence-electron chi connectivity index (χ4n) is 4.68. The topological polar surface area (TPSA) is 117 Å². The van der Waals surface area contributed by atoms with Crippen molar-refractivity contribution < 1.29 is 32.8 Å². The second-order valence-corrected chi connectivity index (χ2v) is 13.9. The summed E-state index contributed by atoms with van der Waals surface area (Å²) in [5.41, 5.74) is 5.35. The summed E-state index contributed by atoms with van der Waals surface area (Å²) in [6.45, 7) is 4.60. The van der Waals surface area contributed by atoms with Gasteiger partial charge in [0.1, 0.15) is 6.10 Å². The fraction of sp³-hybridized carbons (Fsp3) is 0.643. The zero-order valence-corrected chi connectivity index (χ0v) is 32.9. The number of ether oxygens (including phenoxy) is 2. The largest absolute Gasteiger partial charge is 0.472 e. The van der Waals surface area contributed by atoms with E-state index in [1.54, 1.807) is 0 Å². The minimum Gasteiger partial charge on any atom is -0.457 e. The van der Waals surface area contributed by atoms with Gasteiger partial charge in [0.15, 0.2) is 0 Å². The molecule has 0 radical (unpaired) electrons. The Balaban J connectivity index is 4.22. The molecule has 2 atom stereocenters. The molecule has 0 aliphatic carbocycles. The molecule has 0 bridgehead atoms. The van der Waals surface area contributed by atoms with Gasteiger partial charge in [0.05, 0.1) is 19.8 Å². The standard InChI is InChI=1S/C42H72NO7P/c1-3-5-7-9-11-13-15-17-19-20-21-22-24-26-28-30-32-34-37-47-39-41(40-49-51(45,46)48-38-36-43)50-42(44)35-33-31-29-27-25-23-18-16-14-12-10-8-6-4-2/h5,7,10-13,16-19,21-22,26,28,41H,3-4,6,8-9,14-15,20,23-25,27,29-40,43H2,1-2H3,(H,45,46)/b7-5-,12-10-,13-11-,18-16-,19-17-,22-21-,28-26-. The Labute approximate surface area is 311 Å². The molecule has 0 saturated carbocycles. The lowest BCUT2D eigenvalue weighted by atomic mass is 10.1. The van der Waals surface area contributed by atoms with E-state index in [0.717, 1.165) is 96.3 Å². The molecule has 0 aromatic heterocycles. The van der Waals surface area contributed by atoms with Crippen molar-refractivity contribution in [2.75, 3.05) is 33.0 Å². The number of allylic oxidation sites excluding steroid dienone is 14. The number of carbonyl (C=O) groups excluding carboxylic acids is 1. The van der Waals surface area contributed by atoms with Crippen LogP contribution in [-0.4, -0.2) is 49.9 Å². The number of phosphoric acid groups is 1. The molecule has 9 heteroatoms. The van der Waals surface area contributed by atoms with Crippen LogP contribution in [0.1, 0.15) is 136 Å². The van der Waals surface area contributed by atoms with E-state index in [9.17, 15) is 14.3 Å². The van der Waals surface area contributed by atoms with Crippen LogP contribution in [0.3, 0.4) is 0 Å². The van der Waals surface area contributed by atoms with Crippen LogP contribution in [0.15, 0.2) is 85.1 Å². The second-order valence-electron chi connectivity index (χ2n) is 12.4. The van der Waals surface area contributed by atoms with E-state index < -0.39 is 13.9 Å². The summed E-state index contributed by atoms with van der Waals surface area (Å²) in [5, 5.41) is 0. The number of esters is 1. The van der Waals surface area contributed by atoms with Gasteiger partial charge in [0.2, 0.25) is 0 Å². The average molecular weight is 734 g/mol. The normalized spacial score (nSPS) is 14.5. The Bertz CT molecular complexity index is 1050. The Kier molecular flexibility index (Phi) is 37.1. The van der Waals surface area contributed by atoms with E-state index in [1.807, 2.05) is 0 Å². The van der Waals surface area contributed by atoms with Crippen LogP contribution in [0.25, 0.3) is 0 Å². The molecule has 0 rings (SSSR count). The van der Waals surface area contributed by atoms with Crippen molar-refractivity contribution in [3.05, 3.63) is 85.1 Å². The summed E-state index contributed by atoms with van der Waals surface area (Å²) in [5.74, 6) is -0.365. The van der Waals surface area contributed by atoms with E-state index in [0.29, 0.717) is 6.61 Å². The van der Waals surface area contributed by atoms with Crippen molar-refractivity contribution in [3.8, 4) is 0 Å². The van der Waals surface area contributed by atoms with Crippen molar-refractivity contribution in [3.63, 3.8) is 0 Å². The summed E-state index contributed by atoms with van der Waals surface area (Å²) in [7, 11) is -4.29. The highest BCUT2D eigenvalue weighted by Crippen LogP contribution is 2.43. The van der Waals surface area contributed by atoms with Gasteiger partial charge in [-0.25, -0.2) is 4.57 Å². The number of hydrogen-bond donors (Lipinski definition) is 2. The predicted molar refractivity (Wildman–Crippen MR) is 215 cm³/mol. The Morgan fingerprint density at radius 1 is 0.608 bits per heavy atom. The van der Waals surface area contributed by atoms with Gasteiger partial charge in [-0.1, -0.05) is 131 Å². The molecule has 292 valence electrons. The second kappa shape index (κ2) is 38.9. The van der Waals surface area contributed by atoms with E-state index in [4.69, 9.17) is 24.3 Å². The molecule has 8 nitrogen and oxygen atoms in total. The summed E-state index contributed by atoms with van der Waals surface area (Å²) < 4.78 is 33.3. The maximum atomic E-state index is 12.5. The molecule has 0 heterocycles. The number of hydrogen-bond acceptors (Lipinski definition) is 7. The lowest BCUT2D eigenvalue weighted by Gasteiger charge is -2.20. The van der Waals surface area contributed by atoms with E-state index in [1.165, 1.54) is 19.3 Å². The molecule has 3 N–H and O–H groups in total. The molecule has 0 aliphatic rings. The van der Waals surface area contributed by atoms with E-state index in [2.05, 4.69) is 98.9 Å². The van der Waals surface area contributed by atoms with E-state index >= 15 is 0 Å². The monoisotopic (exact) mass is 734 g/mol. The zero-order valence-electron chi connectivity index (χ0n) is 32.1. The average Bonchev–Trinajstić information content (AvgIpc) is 3.12. The van der Waals surface area contributed by atoms with Gasteiger partial charge in [-0.05, 0) is 83.5 Å². The van der Waals surface area contributed by atoms with Crippen LogP contribution < -0.4 is 5.73 Å². The molecule has 0 fully saturated rings. The van der Waals surface area contributed by atoms with Gasteiger partial charge in [-0.2, -0.15) is 0 Å². The van der Waals surface area contributed by atoms with Gasteiger partial charge < -0.3 is 20.1 Å². The van der Waals surface area contributed by atoms with Gasteiger partial charge in [-0.15, -0.1) is 0 Å². The van der Waals surface area contributed by atoms with Crippen LogP contribution in [0.4, 0.5) is 0 Å². The molecule has 0 aromatic rings. The molecular formula is C42H72NO7P. The van der Waals surface area contributed by atoms with Crippen LogP contribution in [0.5, 0.6) is 0 Å². The molecule has 51 heavy (non-hydrogen) atoms. The quantitative estimate of drug-likeness (QED) is 0.0283. The number of nitrogens with two attached hydrogens (primary N) is 1. The third-order valence-electron chi connectivity index (χ3n) is 7.55. The highest BCUT2D eigenvalue weighted by atomic mass is 31.2. The van der Waals surface area contributed by atoms with Gasteiger partial charge in [-0.3, -0.25) is 13.8 Å². The first-order valence-corrected chi connectivity index (χ1v) is 21.1. The molecular weight excluding hydrogens is 661 g/mol. The van der Waals surface area contributed by atoms with Gasteiger partial charge >= 0.3 is 13.8 Å². The third-order valence-corrected chi connectivity index (χ3v) is 8.53. The molecule has 0 saturated heterocycles. The van der Waals surface area contributed by atoms with Crippen LogP contribution in [-0.2, 0) is 27.9 Å². The van der Waals surface area contributed by atoms with Crippen molar-refractivity contribution in [1.82, 2.24) is 0 Å². The highest BCUT2D eigenvalue weighted by Gasteiger charge is 2.25. The smallest absolute Gasteiger partial charge is 0.457 e. The number of rotatable bonds is 36. The van der Waals surface area contributed by atoms with Gasteiger partial charge in [0, 0.05) is 19.6 Å². The maximum absolute atomic E-state index is 12.5.